The number of fused-ring (bicyclic) bond motifs is 1. The number of aryl methyl sites for hydroxylation is 1. The Morgan fingerprint density at radius 3 is 2.36 bits per heavy atom. The maximum Gasteiger partial charge on any atom is 0.0548 e. The van der Waals surface area contributed by atoms with Gasteiger partial charge in [-0.15, -0.1) is 11.8 Å². The second kappa shape index (κ2) is 7.11. The minimum atomic E-state index is 0.264. The zero-order valence-electron chi connectivity index (χ0n) is 13.9. The minimum Gasteiger partial charge on any atom is -0.354 e. The largest absolute Gasteiger partial charge is 0.354 e. The van der Waals surface area contributed by atoms with Crippen LogP contribution in [0.15, 0.2) is 88.2 Å². The summed E-state index contributed by atoms with van der Waals surface area (Å²) in [6, 6.07) is 25.8. The van der Waals surface area contributed by atoms with E-state index in [0.29, 0.717) is 0 Å². The highest BCUT2D eigenvalue weighted by molar-refractivity contribution is 9.10. The van der Waals surface area contributed by atoms with E-state index in [-0.39, 0.29) is 5.25 Å². The van der Waals surface area contributed by atoms with Crippen LogP contribution in [-0.2, 0) is 0 Å². The molecule has 0 unspecified atom stereocenters. The fraction of sp³-hybridized carbons (Fsp3) is 0.0909. The molecular formula is C22H18BrNS. The predicted octanol–water partition coefficient (Wildman–Crippen LogP) is 7.06. The van der Waals surface area contributed by atoms with Gasteiger partial charge in [0.05, 0.1) is 10.9 Å². The third-order valence-corrected chi connectivity index (χ3v) is 6.09. The van der Waals surface area contributed by atoms with Gasteiger partial charge in [0.25, 0.3) is 0 Å². The lowest BCUT2D eigenvalue weighted by atomic mass is 10.1. The smallest absolute Gasteiger partial charge is 0.0548 e. The SMILES string of the molecule is Cc1ccc(C2=C[C@H](c3ccc(Br)cc3)Sc3ccccc3N2)cc1. The van der Waals surface area contributed by atoms with Crippen LogP contribution < -0.4 is 5.32 Å². The molecule has 1 atom stereocenters. The van der Waals surface area contributed by atoms with Gasteiger partial charge >= 0.3 is 0 Å². The van der Waals surface area contributed by atoms with Crippen molar-refractivity contribution in [1.29, 1.82) is 0 Å². The van der Waals surface area contributed by atoms with Crippen molar-refractivity contribution in [3.05, 3.63) is 100 Å². The Labute approximate surface area is 161 Å². The van der Waals surface area contributed by atoms with Crippen molar-refractivity contribution >= 4 is 39.1 Å². The van der Waals surface area contributed by atoms with E-state index in [1.807, 2.05) is 11.8 Å². The number of para-hydroxylation sites is 1. The van der Waals surface area contributed by atoms with Crippen LogP contribution in [0.1, 0.15) is 21.9 Å². The maximum absolute atomic E-state index is 3.64. The van der Waals surface area contributed by atoms with Gasteiger partial charge < -0.3 is 5.32 Å². The van der Waals surface area contributed by atoms with Gasteiger partial charge in [0, 0.05) is 15.1 Å². The van der Waals surface area contributed by atoms with Crippen molar-refractivity contribution in [3.8, 4) is 0 Å². The quantitative estimate of drug-likeness (QED) is 0.487. The van der Waals surface area contributed by atoms with Crippen LogP contribution in [-0.4, -0.2) is 0 Å². The van der Waals surface area contributed by atoms with Crippen molar-refractivity contribution < 1.29 is 0 Å². The van der Waals surface area contributed by atoms with E-state index in [2.05, 4.69) is 107 Å². The topological polar surface area (TPSA) is 12.0 Å². The van der Waals surface area contributed by atoms with E-state index in [9.17, 15) is 0 Å². The number of hydrogen-bond donors (Lipinski definition) is 1. The lowest BCUT2D eigenvalue weighted by molar-refractivity contribution is 1.22. The van der Waals surface area contributed by atoms with Crippen LogP contribution in [0.4, 0.5) is 5.69 Å². The lowest BCUT2D eigenvalue weighted by Gasteiger charge is -2.13. The van der Waals surface area contributed by atoms with E-state index < -0.39 is 0 Å². The van der Waals surface area contributed by atoms with E-state index >= 15 is 0 Å². The van der Waals surface area contributed by atoms with Gasteiger partial charge in [0.1, 0.15) is 0 Å². The van der Waals surface area contributed by atoms with Gasteiger partial charge in [0.15, 0.2) is 0 Å². The first-order valence-corrected chi connectivity index (χ1v) is 9.93. The summed E-state index contributed by atoms with van der Waals surface area (Å²) in [5.41, 5.74) is 6.11. The molecule has 3 heteroatoms. The van der Waals surface area contributed by atoms with E-state index in [0.717, 1.165) is 10.2 Å². The van der Waals surface area contributed by atoms with Crippen LogP contribution in [0.3, 0.4) is 0 Å². The summed E-state index contributed by atoms with van der Waals surface area (Å²) in [5, 5.41) is 3.90. The Bertz CT molecular complexity index is 914. The highest BCUT2D eigenvalue weighted by Crippen LogP contribution is 2.44. The van der Waals surface area contributed by atoms with Crippen LogP contribution in [0.25, 0.3) is 5.70 Å². The normalized spacial score (nSPS) is 16.4. The van der Waals surface area contributed by atoms with E-state index in [1.165, 1.54) is 27.3 Å². The Morgan fingerprint density at radius 2 is 1.60 bits per heavy atom. The van der Waals surface area contributed by atoms with Crippen LogP contribution in [0.5, 0.6) is 0 Å². The van der Waals surface area contributed by atoms with Crippen LogP contribution in [0, 0.1) is 6.92 Å². The first-order chi connectivity index (χ1) is 12.2. The van der Waals surface area contributed by atoms with Crippen molar-refractivity contribution in [2.24, 2.45) is 0 Å². The van der Waals surface area contributed by atoms with E-state index in [1.54, 1.807) is 0 Å². The zero-order valence-corrected chi connectivity index (χ0v) is 16.3. The maximum atomic E-state index is 3.64. The van der Waals surface area contributed by atoms with Crippen molar-refractivity contribution in [1.82, 2.24) is 0 Å². The molecule has 0 bridgehead atoms. The number of benzene rings is 3. The molecule has 3 aromatic rings. The Balaban J connectivity index is 1.80. The van der Waals surface area contributed by atoms with Gasteiger partial charge in [-0.3, -0.25) is 0 Å². The molecule has 0 aliphatic carbocycles. The van der Waals surface area contributed by atoms with Gasteiger partial charge in [0.2, 0.25) is 0 Å². The molecule has 0 fully saturated rings. The molecule has 0 radical (unpaired) electrons. The molecule has 1 aliphatic rings. The fourth-order valence-corrected chi connectivity index (χ4v) is 4.34. The molecule has 124 valence electrons. The summed E-state index contributed by atoms with van der Waals surface area (Å²) in [5.74, 6) is 0. The number of anilines is 1. The van der Waals surface area contributed by atoms with E-state index in [4.69, 9.17) is 0 Å². The summed E-state index contributed by atoms with van der Waals surface area (Å²) in [7, 11) is 0. The molecule has 4 rings (SSSR count). The molecule has 0 amide bonds. The van der Waals surface area contributed by atoms with Gasteiger partial charge in [-0.25, -0.2) is 0 Å². The molecule has 1 nitrogen and oxygen atoms in total. The summed E-state index contributed by atoms with van der Waals surface area (Å²) in [6.07, 6.45) is 2.33. The third kappa shape index (κ3) is 3.68. The molecule has 1 aliphatic heterocycles. The average molecular weight is 408 g/mol. The minimum absolute atomic E-state index is 0.264. The second-order valence-electron chi connectivity index (χ2n) is 6.16. The standard InChI is InChI=1S/C22H18BrNS/c1-15-6-8-16(9-7-15)20-14-22(17-10-12-18(23)13-11-17)25-21-5-3-2-4-19(21)24-20/h2-14,22,24H,1H3/t22-/m1/s1. The van der Waals surface area contributed by atoms with Crippen LogP contribution in [0.2, 0.25) is 0 Å². The summed E-state index contributed by atoms with van der Waals surface area (Å²) >= 11 is 5.42. The highest BCUT2D eigenvalue weighted by atomic mass is 79.9. The molecule has 0 spiro atoms. The average Bonchev–Trinajstić information content (AvgIpc) is 2.82. The number of thioether (sulfide) groups is 1. The molecule has 0 saturated carbocycles. The highest BCUT2D eigenvalue weighted by Gasteiger charge is 2.19. The van der Waals surface area contributed by atoms with Gasteiger partial charge in [-0.2, -0.15) is 0 Å². The molecule has 3 aromatic carbocycles. The summed E-state index contributed by atoms with van der Waals surface area (Å²) in [6.45, 7) is 2.12. The predicted molar refractivity (Wildman–Crippen MR) is 112 cm³/mol. The first-order valence-electron chi connectivity index (χ1n) is 8.26. The van der Waals surface area contributed by atoms with Crippen molar-refractivity contribution in [3.63, 3.8) is 0 Å². The van der Waals surface area contributed by atoms with Crippen molar-refractivity contribution in [2.75, 3.05) is 5.32 Å². The third-order valence-electron chi connectivity index (χ3n) is 4.29. The molecule has 0 aromatic heterocycles. The Hall–Kier alpha value is -1.97. The molecule has 1 N–H and O–H groups in total. The number of nitrogens with one attached hydrogen (secondary N) is 1. The summed E-state index contributed by atoms with van der Waals surface area (Å²) in [4.78, 5) is 1.27. The number of rotatable bonds is 2. The summed E-state index contributed by atoms with van der Waals surface area (Å²) < 4.78 is 1.11. The van der Waals surface area contributed by atoms with Gasteiger partial charge in [-0.05, 0) is 48.4 Å². The fourth-order valence-electron chi connectivity index (χ4n) is 2.90. The Kier molecular flexibility index (Phi) is 4.69. The lowest BCUT2D eigenvalue weighted by Crippen LogP contribution is -1.99. The van der Waals surface area contributed by atoms with Crippen LogP contribution >= 0.6 is 27.7 Å². The van der Waals surface area contributed by atoms with Crippen molar-refractivity contribution in [2.45, 2.75) is 17.1 Å². The van der Waals surface area contributed by atoms with Gasteiger partial charge in [-0.1, -0.05) is 70.0 Å². The number of hydrogen-bond acceptors (Lipinski definition) is 2. The Morgan fingerprint density at radius 1 is 0.880 bits per heavy atom. The molecule has 1 heterocycles. The monoisotopic (exact) mass is 407 g/mol. The molecule has 25 heavy (non-hydrogen) atoms. The molecule has 0 saturated heterocycles. The first kappa shape index (κ1) is 16.5. The second-order valence-corrected chi connectivity index (χ2v) is 8.26. The molecular weight excluding hydrogens is 390 g/mol. The zero-order chi connectivity index (χ0) is 17.2. The number of halogens is 1.